The van der Waals surface area contributed by atoms with Crippen LogP contribution in [-0.4, -0.2) is 18.3 Å². The van der Waals surface area contributed by atoms with Gasteiger partial charge in [0.2, 0.25) is 0 Å². The van der Waals surface area contributed by atoms with Crippen LogP contribution >= 0.6 is 0 Å². The molecule has 1 N–H and O–H groups in total. The minimum atomic E-state index is 0. The normalized spacial score (nSPS) is 8.45. The van der Waals surface area contributed by atoms with E-state index < -0.39 is 0 Å². The molecule has 1 aromatic rings. The Morgan fingerprint density at radius 1 is 1.27 bits per heavy atom. The van der Waals surface area contributed by atoms with Gasteiger partial charge in [-0.2, -0.15) is 0 Å². The smallest absolute Gasteiger partial charge is 1.00 e. The Labute approximate surface area is 90.0 Å². The molecular weight excluding hydrogens is 151 g/mol. The Morgan fingerprint density at radius 2 is 1.91 bits per heavy atom. The van der Waals surface area contributed by atoms with Crippen LogP contribution in [0.15, 0.2) is 30.3 Å². The fourth-order valence-electron chi connectivity index (χ4n) is 0.680. The molecule has 0 aliphatic heterocycles. The molecule has 1 rings (SSSR count). The summed E-state index contributed by atoms with van der Waals surface area (Å²) in [7, 11) is 0. The second kappa shape index (κ2) is 6.68. The van der Waals surface area contributed by atoms with Crippen LogP contribution in [0.5, 0.6) is 5.75 Å². The Morgan fingerprint density at radius 3 is 2.45 bits per heavy atom. The molecule has 0 bridgehead atoms. The molecule has 2 nitrogen and oxygen atoms in total. The molecule has 0 aliphatic carbocycles. The second-order valence-corrected chi connectivity index (χ2v) is 1.89. The number of ether oxygens (including phenoxy) is 1. The van der Waals surface area contributed by atoms with Crippen LogP contribution in [0.2, 0.25) is 0 Å². The summed E-state index contributed by atoms with van der Waals surface area (Å²) in [6.07, 6.45) is 0. The summed E-state index contributed by atoms with van der Waals surface area (Å²) in [6, 6.07) is 9.43. The third kappa shape index (κ3) is 4.43. The molecule has 0 aliphatic rings. The SMILES string of the molecule is OCCOc1ccccc1.[H-].[Na+]. The van der Waals surface area contributed by atoms with E-state index in [2.05, 4.69) is 0 Å². The Hall–Kier alpha value is -0.0200. The molecule has 56 valence electrons. The topological polar surface area (TPSA) is 29.5 Å². The molecule has 0 spiro atoms. The van der Waals surface area contributed by atoms with Crippen LogP contribution in [-0.2, 0) is 0 Å². The number of benzene rings is 1. The van der Waals surface area contributed by atoms with Gasteiger partial charge in [-0.05, 0) is 12.1 Å². The van der Waals surface area contributed by atoms with E-state index in [9.17, 15) is 0 Å². The van der Waals surface area contributed by atoms with Crippen molar-refractivity contribution < 1.29 is 40.8 Å². The molecule has 3 heteroatoms. The first-order chi connectivity index (χ1) is 4.93. The molecule has 0 amide bonds. The van der Waals surface area contributed by atoms with Crippen molar-refractivity contribution >= 4 is 0 Å². The van der Waals surface area contributed by atoms with E-state index in [-0.39, 0.29) is 37.6 Å². The zero-order chi connectivity index (χ0) is 7.23. The van der Waals surface area contributed by atoms with Gasteiger partial charge in [-0.15, -0.1) is 0 Å². The molecule has 1 aromatic carbocycles. The van der Waals surface area contributed by atoms with Gasteiger partial charge in [0, 0.05) is 0 Å². The van der Waals surface area contributed by atoms with E-state index in [1.807, 2.05) is 30.3 Å². The van der Waals surface area contributed by atoms with E-state index >= 15 is 0 Å². The third-order valence-corrected chi connectivity index (χ3v) is 1.10. The van der Waals surface area contributed by atoms with E-state index in [0.717, 1.165) is 5.75 Å². The molecule has 0 atom stereocenters. The van der Waals surface area contributed by atoms with Crippen LogP contribution < -0.4 is 34.3 Å². The van der Waals surface area contributed by atoms with Gasteiger partial charge in [-0.25, -0.2) is 0 Å². The summed E-state index contributed by atoms with van der Waals surface area (Å²) in [4.78, 5) is 0. The van der Waals surface area contributed by atoms with Crippen molar-refractivity contribution in [2.24, 2.45) is 0 Å². The molecule has 0 aromatic heterocycles. The van der Waals surface area contributed by atoms with Crippen molar-refractivity contribution in [1.29, 1.82) is 0 Å². The fraction of sp³-hybridized carbons (Fsp3) is 0.250. The number of para-hydroxylation sites is 1. The van der Waals surface area contributed by atoms with Crippen molar-refractivity contribution in [3.05, 3.63) is 30.3 Å². The number of aliphatic hydroxyl groups is 1. The fourth-order valence-corrected chi connectivity index (χ4v) is 0.680. The van der Waals surface area contributed by atoms with Gasteiger partial charge >= 0.3 is 29.6 Å². The number of aliphatic hydroxyl groups excluding tert-OH is 1. The van der Waals surface area contributed by atoms with Crippen molar-refractivity contribution in [3.8, 4) is 5.75 Å². The number of hydrogen-bond acceptors (Lipinski definition) is 2. The van der Waals surface area contributed by atoms with Gasteiger partial charge < -0.3 is 11.3 Å². The van der Waals surface area contributed by atoms with Gasteiger partial charge in [0.15, 0.2) is 0 Å². The summed E-state index contributed by atoms with van der Waals surface area (Å²) in [5, 5.41) is 8.40. The summed E-state index contributed by atoms with van der Waals surface area (Å²) >= 11 is 0. The summed E-state index contributed by atoms with van der Waals surface area (Å²) in [5.74, 6) is 0.802. The average Bonchev–Trinajstić information content (AvgIpc) is 2.03. The minimum Gasteiger partial charge on any atom is -1.00 e. The molecule has 0 unspecified atom stereocenters. The molecule has 0 saturated carbocycles. The van der Waals surface area contributed by atoms with Crippen LogP contribution in [0.3, 0.4) is 0 Å². The maximum absolute atomic E-state index is 8.40. The predicted molar refractivity (Wildman–Crippen MR) is 40.1 cm³/mol. The third-order valence-electron chi connectivity index (χ3n) is 1.10. The Balaban J connectivity index is 0. The molecule has 11 heavy (non-hydrogen) atoms. The first-order valence-electron chi connectivity index (χ1n) is 3.22. The van der Waals surface area contributed by atoms with Gasteiger partial charge in [0.05, 0.1) is 6.61 Å². The summed E-state index contributed by atoms with van der Waals surface area (Å²) in [6.45, 7) is 0.429. The largest absolute Gasteiger partial charge is 1.00 e. The van der Waals surface area contributed by atoms with E-state index in [0.29, 0.717) is 6.61 Å². The van der Waals surface area contributed by atoms with Gasteiger partial charge in [0.1, 0.15) is 12.4 Å². The van der Waals surface area contributed by atoms with Gasteiger partial charge in [-0.3, -0.25) is 0 Å². The van der Waals surface area contributed by atoms with Crippen molar-refractivity contribution in [2.75, 3.05) is 13.2 Å². The van der Waals surface area contributed by atoms with Crippen molar-refractivity contribution in [1.82, 2.24) is 0 Å². The van der Waals surface area contributed by atoms with Crippen LogP contribution in [0, 0.1) is 0 Å². The van der Waals surface area contributed by atoms with E-state index in [1.165, 1.54) is 0 Å². The Kier molecular flexibility index (Phi) is 6.66. The summed E-state index contributed by atoms with van der Waals surface area (Å²) < 4.78 is 5.11. The minimum absolute atomic E-state index is 0. The van der Waals surface area contributed by atoms with Crippen molar-refractivity contribution in [2.45, 2.75) is 0 Å². The maximum atomic E-state index is 8.40. The zero-order valence-electron chi connectivity index (χ0n) is 7.66. The monoisotopic (exact) mass is 162 g/mol. The standard InChI is InChI=1S/C8H10O2.Na.H/c9-6-7-10-8-4-2-1-3-5-8;;/h1-5,9H,6-7H2;;/q;+1;-1. The quantitative estimate of drug-likeness (QED) is 0.530. The van der Waals surface area contributed by atoms with Gasteiger partial charge in [-0.1, -0.05) is 18.2 Å². The Bertz CT molecular complexity index is 182. The predicted octanol–water partition coefficient (Wildman–Crippen LogP) is -1.83. The van der Waals surface area contributed by atoms with Crippen LogP contribution in [0.25, 0.3) is 0 Å². The van der Waals surface area contributed by atoms with Crippen LogP contribution in [0.4, 0.5) is 0 Å². The average molecular weight is 162 g/mol. The number of hydrogen-bond donors (Lipinski definition) is 1. The zero-order valence-corrected chi connectivity index (χ0v) is 8.66. The molecule has 0 fully saturated rings. The molecule has 0 radical (unpaired) electrons. The first kappa shape index (κ1) is 11.0. The molecular formula is C8H11NaO2. The summed E-state index contributed by atoms with van der Waals surface area (Å²) in [5.41, 5.74) is 0. The van der Waals surface area contributed by atoms with E-state index in [1.54, 1.807) is 0 Å². The molecule has 0 heterocycles. The molecule has 0 saturated heterocycles. The van der Waals surface area contributed by atoms with E-state index in [4.69, 9.17) is 9.84 Å². The number of rotatable bonds is 3. The van der Waals surface area contributed by atoms with Crippen LogP contribution in [0.1, 0.15) is 1.43 Å². The van der Waals surface area contributed by atoms with Crippen molar-refractivity contribution in [3.63, 3.8) is 0 Å². The second-order valence-electron chi connectivity index (χ2n) is 1.89. The van der Waals surface area contributed by atoms with Gasteiger partial charge in [0.25, 0.3) is 0 Å². The first-order valence-corrected chi connectivity index (χ1v) is 3.22. The maximum Gasteiger partial charge on any atom is 1.00 e.